The van der Waals surface area contributed by atoms with E-state index in [0.717, 1.165) is 19.7 Å². The zero-order chi connectivity index (χ0) is 7.72. The van der Waals surface area contributed by atoms with E-state index < -0.39 is 0 Å². The smallest absolute Gasteiger partial charge is 0.162 e. The largest absolute Gasteiger partial charge is 0.318 e. The molecule has 56 valence electrons. The van der Waals surface area contributed by atoms with Crippen LogP contribution in [0.1, 0.15) is 6.92 Å². The van der Waals surface area contributed by atoms with Crippen molar-refractivity contribution in [2.45, 2.75) is 22.7 Å². The number of thiol groups is 2. The molecule has 0 saturated carbocycles. The van der Waals surface area contributed by atoms with Gasteiger partial charge in [0.05, 0.1) is 9.24 Å². The summed E-state index contributed by atoms with van der Waals surface area (Å²) in [4.78, 5) is 0. The van der Waals surface area contributed by atoms with Crippen LogP contribution in [0.4, 0.5) is 0 Å². The van der Waals surface area contributed by atoms with E-state index in [1.807, 2.05) is 11.5 Å². The highest BCUT2D eigenvalue weighted by Gasteiger charge is 2.02. The Kier molecular flexibility index (Phi) is 2.85. The average molecular weight is 209 g/mol. The van der Waals surface area contributed by atoms with Crippen molar-refractivity contribution in [1.82, 2.24) is 4.57 Å². The van der Waals surface area contributed by atoms with Crippen LogP contribution in [-0.4, -0.2) is 4.57 Å². The van der Waals surface area contributed by atoms with Crippen molar-refractivity contribution in [1.29, 1.82) is 0 Å². The molecule has 0 unspecified atom stereocenters. The molecular weight excluding hydrogens is 202 g/mol. The maximum Gasteiger partial charge on any atom is 0.162 e. The third-order valence-corrected chi connectivity index (χ3v) is 3.70. The number of aromatic nitrogens is 1. The molecule has 1 aromatic rings. The second-order valence-corrected chi connectivity index (χ2v) is 4.56. The number of hydrogen-bond acceptors (Lipinski definition) is 4. The van der Waals surface area contributed by atoms with Crippen LogP contribution in [0.5, 0.6) is 0 Å². The van der Waals surface area contributed by atoms with Crippen LogP contribution < -0.4 is 0 Å². The zero-order valence-electron chi connectivity index (χ0n) is 5.37. The minimum atomic E-state index is 0.845. The van der Waals surface area contributed by atoms with Crippen LogP contribution in [0, 0.1) is 3.95 Å². The third-order valence-electron chi connectivity index (χ3n) is 1.17. The highest BCUT2D eigenvalue weighted by atomic mass is 32.2. The van der Waals surface area contributed by atoms with Gasteiger partial charge < -0.3 is 4.57 Å². The first-order valence-corrected chi connectivity index (χ1v) is 4.90. The second kappa shape index (κ2) is 3.30. The minimum absolute atomic E-state index is 0.845. The van der Waals surface area contributed by atoms with Gasteiger partial charge in [0, 0.05) is 6.54 Å². The Morgan fingerprint density at radius 3 is 2.40 bits per heavy atom. The molecule has 1 nitrogen and oxygen atoms in total. The van der Waals surface area contributed by atoms with Crippen LogP contribution in [0.3, 0.4) is 0 Å². The lowest BCUT2D eigenvalue weighted by Crippen LogP contribution is -1.92. The fraction of sp³-hybridized carbons (Fsp3) is 0.400. The lowest BCUT2D eigenvalue weighted by molar-refractivity contribution is 0.686. The summed E-state index contributed by atoms with van der Waals surface area (Å²) in [6.45, 7) is 2.91. The van der Waals surface area contributed by atoms with Crippen LogP contribution in [0.15, 0.2) is 9.24 Å². The van der Waals surface area contributed by atoms with Crippen molar-refractivity contribution in [2.75, 3.05) is 0 Å². The summed E-state index contributed by atoms with van der Waals surface area (Å²) >= 11 is 15.0. The van der Waals surface area contributed by atoms with Gasteiger partial charge in [0.2, 0.25) is 0 Å². The van der Waals surface area contributed by atoms with Gasteiger partial charge in [0.1, 0.15) is 0 Å². The van der Waals surface area contributed by atoms with Gasteiger partial charge in [0.25, 0.3) is 0 Å². The average Bonchev–Trinajstić information content (AvgIpc) is 2.09. The molecule has 1 heterocycles. The predicted octanol–water partition coefficient (Wildman–Crippen LogP) is 2.88. The first kappa shape index (κ1) is 8.64. The van der Waals surface area contributed by atoms with Gasteiger partial charge >= 0.3 is 0 Å². The van der Waals surface area contributed by atoms with E-state index in [1.54, 1.807) is 0 Å². The van der Waals surface area contributed by atoms with Crippen LogP contribution in [-0.2, 0) is 6.54 Å². The van der Waals surface area contributed by atoms with E-state index >= 15 is 0 Å². The maximum absolute atomic E-state index is 5.04. The Hall–Kier alpha value is 0.550. The summed E-state index contributed by atoms with van der Waals surface area (Å²) in [5.41, 5.74) is 0. The molecule has 0 aliphatic heterocycles. The summed E-state index contributed by atoms with van der Waals surface area (Å²) in [5, 5.41) is 0.876. The van der Waals surface area contributed by atoms with Gasteiger partial charge in [-0.2, -0.15) is 0 Å². The SMILES string of the molecule is CCn1c(S)c(S)sc1=S. The molecule has 1 rings (SSSR count). The lowest BCUT2D eigenvalue weighted by Gasteiger charge is -1.97. The van der Waals surface area contributed by atoms with Gasteiger partial charge in [0.15, 0.2) is 3.95 Å². The topological polar surface area (TPSA) is 4.93 Å². The molecule has 0 atom stereocenters. The number of thiazole rings is 1. The summed E-state index contributed by atoms with van der Waals surface area (Å²) in [7, 11) is 0. The lowest BCUT2D eigenvalue weighted by atomic mass is 10.7. The second-order valence-electron chi connectivity index (χ2n) is 1.74. The number of rotatable bonds is 1. The zero-order valence-corrected chi connectivity index (χ0v) is 8.79. The molecule has 0 spiro atoms. The Morgan fingerprint density at radius 1 is 1.60 bits per heavy atom. The van der Waals surface area contributed by atoms with E-state index in [2.05, 4.69) is 25.3 Å². The molecule has 0 aliphatic rings. The molecule has 1 aromatic heterocycles. The number of nitrogens with zero attached hydrogens (tertiary/aromatic N) is 1. The van der Waals surface area contributed by atoms with Gasteiger partial charge in [-0.15, -0.1) is 25.3 Å². The molecule has 0 radical (unpaired) electrons. The molecule has 0 N–H and O–H groups in total. The van der Waals surface area contributed by atoms with Crippen molar-refractivity contribution < 1.29 is 0 Å². The van der Waals surface area contributed by atoms with Crippen LogP contribution in [0.2, 0.25) is 0 Å². The minimum Gasteiger partial charge on any atom is -0.318 e. The third kappa shape index (κ3) is 1.42. The van der Waals surface area contributed by atoms with Gasteiger partial charge in [-0.05, 0) is 19.1 Å². The highest BCUT2D eigenvalue weighted by molar-refractivity contribution is 7.85. The fourth-order valence-corrected chi connectivity index (χ4v) is 2.91. The monoisotopic (exact) mass is 209 g/mol. The molecular formula is C5H7NS4. The Labute approximate surface area is 79.9 Å². The van der Waals surface area contributed by atoms with Gasteiger partial charge in [-0.25, -0.2) is 0 Å². The summed E-state index contributed by atoms with van der Waals surface area (Å²) in [5.74, 6) is 0. The van der Waals surface area contributed by atoms with Crippen molar-refractivity contribution in [2.24, 2.45) is 0 Å². The van der Waals surface area contributed by atoms with E-state index in [-0.39, 0.29) is 0 Å². The van der Waals surface area contributed by atoms with Crippen LogP contribution >= 0.6 is 48.8 Å². The quantitative estimate of drug-likeness (QED) is 0.532. The standard InChI is InChI=1S/C5H7NS4/c1-2-6-3(7)4(8)10-5(6)9/h7-8H,2H2,1H3. The Morgan fingerprint density at radius 2 is 2.20 bits per heavy atom. The van der Waals surface area contributed by atoms with E-state index in [1.165, 1.54) is 11.3 Å². The normalized spacial score (nSPS) is 10.3. The van der Waals surface area contributed by atoms with Crippen LogP contribution in [0.25, 0.3) is 0 Å². The molecule has 5 heteroatoms. The van der Waals surface area contributed by atoms with Crippen molar-refractivity contribution in [3.63, 3.8) is 0 Å². The number of hydrogen-bond donors (Lipinski definition) is 2. The first-order chi connectivity index (χ1) is 4.66. The molecule has 0 aromatic carbocycles. The fourth-order valence-electron chi connectivity index (χ4n) is 0.664. The summed E-state index contributed by atoms with van der Waals surface area (Å²) in [6.07, 6.45) is 0. The first-order valence-electron chi connectivity index (χ1n) is 2.78. The molecule has 0 saturated heterocycles. The molecule has 0 amide bonds. The predicted molar refractivity (Wildman–Crippen MR) is 53.3 cm³/mol. The van der Waals surface area contributed by atoms with E-state index in [4.69, 9.17) is 12.2 Å². The van der Waals surface area contributed by atoms with E-state index in [9.17, 15) is 0 Å². The molecule has 10 heavy (non-hydrogen) atoms. The van der Waals surface area contributed by atoms with Gasteiger partial charge in [-0.3, -0.25) is 0 Å². The summed E-state index contributed by atoms with van der Waals surface area (Å²) < 4.78 is 3.69. The van der Waals surface area contributed by atoms with Crippen molar-refractivity contribution >= 4 is 48.8 Å². The van der Waals surface area contributed by atoms with Crippen molar-refractivity contribution in [3.8, 4) is 0 Å². The Balaban J connectivity index is 3.34. The Bertz CT molecular complexity index is 284. The van der Waals surface area contributed by atoms with Crippen molar-refractivity contribution in [3.05, 3.63) is 3.95 Å². The van der Waals surface area contributed by atoms with E-state index in [0.29, 0.717) is 0 Å². The molecule has 0 aliphatic carbocycles. The summed E-state index contributed by atoms with van der Waals surface area (Å²) in [6, 6.07) is 0. The highest BCUT2D eigenvalue weighted by Crippen LogP contribution is 2.25. The maximum atomic E-state index is 5.04. The van der Waals surface area contributed by atoms with Gasteiger partial charge in [-0.1, -0.05) is 11.3 Å². The molecule has 0 fully saturated rings. The molecule has 0 bridgehead atoms.